The first-order valence-corrected chi connectivity index (χ1v) is 10.0. The van der Waals surface area contributed by atoms with Crippen LogP contribution < -0.4 is 4.90 Å². The number of carbonyl (C=O) groups is 1. The van der Waals surface area contributed by atoms with Gasteiger partial charge < -0.3 is 9.80 Å². The molecule has 3 heterocycles. The number of rotatable bonds is 7. The quantitative estimate of drug-likeness (QED) is 0.750. The Morgan fingerprint density at radius 3 is 2.44 bits per heavy atom. The molecule has 144 valence electrons. The maximum Gasteiger partial charge on any atom is 0.225 e. The van der Waals surface area contributed by atoms with Crippen molar-refractivity contribution in [3.63, 3.8) is 0 Å². The summed E-state index contributed by atoms with van der Waals surface area (Å²) < 4.78 is 0. The maximum absolute atomic E-state index is 12.8. The van der Waals surface area contributed by atoms with Crippen LogP contribution in [0.5, 0.6) is 0 Å². The molecule has 0 saturated carbocycles. The highest BCUT2D eigenvalue weighted by atomic mass is 16.2. The van der Waals surface area contributed by atoms with Gasteiger partial charge in [0.05, 0.1) is 5.69 Å². The molecule has 1 fully saturated rings. The standard InChI is InChI=1S/C21H29N5O/c1-3-5-14-25(4-2)21(27)18-10-15-26(16-11-18)20-7-6-19(23-24-20)17-8-12-22-13-9-17/h6-9,12-13,18H,3-5,10-11,14-16H2,1-2H3. The molecule has 0 unspecified atom stereocenters. The fourth-order valence-corrected chi connectivity index (χ4v) is 3.56. The second-order valence-electron chi connectivity index (χ2n) is 7.05. The molecule has 0 atom stereocenters. The number of nitrogens with zero attached hydrogens (tertiary/aromatic N) is 5. The third-order valence-corrected chi connectivity index (χ3v) is 5.27. The molecule has 0 bridgehead atoms. The lowest BCUT2D eigenvalue weighted by molar-refractivity contribution is -0.136. The number of hydrogen-bond acceptors (Lipinski definition) is 5. The van der Waals surface area contributed by atoms with Gasteiger partial charge in [0.2, 0.25) is 5.91 Å². The van der Waals surface area contributed by atoms with E-state index in [1.165, 1.54) is 0 Å². The Morgan fingerprint density at radius 2 is 1.85 bits per heavy atom. The molecule has 0 spiro atoms. The summed E-state index contributed by atoms with van der Waals surface area (Å²) in [6.07, 6.45) is 7.48. The van der Waals surface area contributed by atoms with Crippen molar-refractivity contribution >= 4 is 11.7 Å². The van der Waals surface area contributed by atoms with Gasteiger partial charge in [-0.15, -0.1) is 10.2 Å². The Balaban J connectivity index is 1.56. The van der Waals surface area contributed by atoms with Crippen LogP contribution in [0.4, 0.5) is 5.82 Å². The van der Waals surface area contributed by atoms with Crippen molar-refractivity contribution in [2.24, 2.45) is 5.92 Å². The minimum absolute atomic E-state index is 0.141. The van der Waals surface area contributed by atoms with Gasteiger partial charge >= 0.3 is 0 Å². The van der Waals surface area contributed by atoms with Crippen molar-refractivity contribution < 1.29 is 4.79 Å². The molecule has 1 aliphatic heterocycles. The summed E-state index contributed by atoms with van der Waals surface area (Å²) in [7, 11) is 0. The summed E-state index contributed by atoms with van der Waals surface area (Å²) in [5.74, 6) is 1.35. The smallest absolute Gasteiger partial charge is 0.225 e. The van der Waals surface area contributed by atoms with Gasteiger partial charge in [-0.1, -0.05) is 13.3 Å². The van der Waals surface area contributed by atoms with Crippen LogP contribution in [0.2, 0.25) is 0 Å². The fourth-order valence-electron chi connectivity index (χ4n) is 3.56. The van der Waals surface area contributed by atoms with E-state index in [-0.39, 0.29) is 5.92 Å². The summed E-state index contributed by atoms with van der Waals surface area (Å²) in [5, 5.41) is 8.76. The predicted molar refractivity (Wildman–Crippen MR) is 107 cm³/mol. The molecule has 1 saturated heterocycles. The molecule has 1 amide bonds. The maximum atomic E-state index is 12.8. The van der Waals surface area contributed by atoms with Gasteiger partial charge in [-0.3, -0.25) is 9.78 Å². The molecule has 0 aliphatic carbocycles. The monoisotopic (exact) mass is 367 g/mol. The largest absolute Gasteiger partial charge is 0.355 e. The number of hydrogen-bond donors (Lipinski definition) is 0. The topological polar surface area (TPSA) is 62.2 Å². The Hall–Kier alpha value is -2.50. The second-order valence-corrected chi connectivity index (χ2v) is 7.05. The summed E-state index contributed by atoms with van der Waals surface area (Å²) >= 11 is 0. The second kappa shape index (κ2) is 9.44. The summed E-state index contributed by atoms with van der Waals surface area (Å²) in [6.45, 7) is 7.63. The Morgan fingerprint density at radius 1 is 1.11 bits per heavy atom. The van der Waals surface area contributed by atoms with Crippen LogP contribution >= 0.6 is 0 Å². The van der Waals surface area contributed by atoms with Crippen molar-refractivity contribution in [1.29, 1.82) is 0 Å². The lowest BCUT2D eigenvalue weighted by atomic mass is 9.95. The zero-order valence-electron chi connectivity index (χ0n) is 16.3. The number of carbonyl (C=O) groups excluding carboxylic acids is 1. The van der Waals surface area contributed by atoms with Crippen LogP contribution in [0.3, 0.4) is 0 Å². The third kappa shape index (κ3) is 4.81. The Bertz CT molecular complexity index is 711. The molecule has 2 aromatic heterocycles. The van der Waals surface area contributed by atoms with E-state index in [1.54, 1.807) is 12.4 Å². The minimum atomic E-state index is 0.141. The zero-order valence-corrected chi connectivity index (χ0v) is 16.3. The van der Waals surface area contributed by atoms with E-state index in [0.717, 1.165) is 68.9 Å². The number of anilines is 1. The summed E-state index contributed by atoms with van der Waals surface area (Å²) in [5.41, 5.74) is 1.86. The Labute approximate surface area is 161 Å². The van der Waals surface area contributed by atoms with Crippen LogP contribution in [-0.2, 0) is 4.79 Å². The van der Waals surface area contributed by atoms with Gasteiger partial charge in [0.25, 0.3) is 0 Å². The molecular formula is C21H29N5O. The third-order valence-electron chi connectivity index (χ3n) is 5.27. The van der Waals surface area contributed by atoms with Crippen LogP contribution in [0.1, 0.15) is 39.5 Å². The first-order valence-electron chi connectivity index (χ1n) is 10.0. The van der Waals surface area contributed by atoms with Crippen molar-refractivity contribution in [3.8, 4) is 11.3 Å². The average molecular weight is 367 g/mol. The SMILES string of the molecule is CCCCN(CC)C(=O)C1CCN(c2ccc(-c3ccncc3)nn2)CC1. The van der Waals surface area contributed by atoms with Crippen LogP contribution in [0.25, 0.3) is 11.3 Å². The number of pyridine rings is 1. The van der Waals surface area contributed by atoms with Crippen molar-refractivity contribution in [3.05, 3.63) is 36.7 Å². The van der Waals surface area contributed by atoms with Crippen LogP contribution in [0, 0.1) is 5.92 Å². The van der Waals surface area contributed by atoms with Crippen LogP contribution in [-0.4, -0.2) is 52.2 Å². The molecule has 6 nitrogen and oxygen atoms in total. The lowest BCUT2D eigenvalue weighted by Gasteiger charge is -2.34. The first kappa shape index (κ1) is 19.3. The number of piperidine rings is 1. The van der Waals surface area contributed by atoms with Crippen molar-refractivity contribution in [2.45, 2.75) is 39.5 Å². The molecule has 0 aromatic carbocycles. The molecule has 27 heavy (non-hydrogen) atoms. The molecule has 0 radical (unpaired) electrons. The molecule has 2 aromatic rings. The summed E-state index contributed by atoms with van der Waals surface area (Å²) in [6, 6.07) is 7.88. The Kier molecular flexibility index (Phi) is 6.74. The lowest BCUT2D eigenvalue weighted by Crippen LogP contribution is -2.43. The first-order chi connectivity index (χ1) is 13.2. The van der Waals surface area contributed by atoms with Crippen LogP contribution in [0.15, 0.2) is 36.7 Å². The highest BCUT2D eigenvalue weighted by Crippen LogP contribution is 2.24. The van der Waals surface area contributed by atoms with E-state index in [0.29, 0.717) is 5.91 Å². The van der Waals surface area contributed by atoms with Gasteiger partial charge in [0.1, 0.15) is 0 Å². The average Bonchev–Trinajstić information content (AvgIpc) is 2.75. The van der Waals surface area contributed by atoms with E-state index in [9.17, 15) is 4.79 Å². The molecule has 1 aliphatic rings. The number of amides is 1. The highest BCUT2D eigenvalue weighted by molar-refractivity contribution is 5.79. The van der Waals surface area contributed by atoms with Gasteiger partial charge in [0, 0.05) is 50.1 Å². The predicted octanol–water partition coefficient (Wildman–Crippen LogP) is 3.40. The zero-order chi connectivity index (χ0) is 19.1. The number of aromatic nitrogens is 3. The van der Waals surface area contributed by atoms with E-state index in [2.05, 4.69) is 33.9 Å². The summed E-state index contributed by atoms with van der Waals surface area (Å²) in [4.78, 5) is 21.0. The molecule has 3 rings (SSSR count). The van der Waals surface area contributed by atoms with E-state index >= 15 is 0 Å². The van der Waals surface area contributed by atoms with E-state index in [1.807, 2.05) is 29.2 Å². The fraction of sp³-hybridized carbons (Fsp3) is 0.524. The highest BCUT2D eigenvalue weighted by Gasteiger charge is 2.28. The molecule has 6 heteroatoms. The normalized spacial score (nSPS) is 15.0. The van der Waals surface area contributed by atoms with Gasteiger partial charge in [-0.05, 0) is 50.5 Å². The van der Waals surface area contributed by atoms with Crippen molar-refractivity contribution in [1.82, 2.24) is 20.1 Å². The number of unbranched alkanes of at least 4 members (excludes halogenated alkanes) is 1. The van der Waals surface area contributed by atoms with Crippen molar-refractivity contribution in [2.75, 3.05) is 31.1 Å². The van der Waals surface area contributed by atoms with Gasteiger partial charge in [-0.25, -0.2) is 0 Å². The molecule has 0 N–H and O–H groups in total. The van der Waals surface area contributed by atoms with Gasteiger partial charge in [0.15, 0.2) is 5.82 Å². The molecular weight excluding hydrogens is 338 g/mol. The minimum Gasteiger partial charge on any atom is -0.355 e. The van der Waals surface area contributed by atoms with Gasteiger partial charge in [-0.2, -0.15) is 0 Å². The van der Waals surface area contributed by atoms with E-state index in [4.69, 9.17) is 0 Å². The van der Waals surface area contributed by atoms with E-state index < -0.39 is 0 Å².